The van der Waals surface area contributed by atoms with Gasteiger partial charge in [0.15, 0.2) is 0 Å². The Bertz CT molecular complexity index is 1230. The lowest BCUT2D eigenvalue weighted by Gasteiger charge is -2.21. The zero-order valence-electron chi connectivity index (χ0n) is 19.4. The zero-order chi connectivity index (χ0) is 26.2. The molecule has 1 amide bonds. The number of nitrogens with one attached hydrogen (secondary N) is 2. The number of carbonyl (C=O) groups is 2. The van der Waals surface area contributed by atoms with Gasteiger partial charge in [-0.1, -0.05) is 42.1 Å². The highest BCUT2D eigenvalue weighted by molar-refractivity contribution is 7.99. The molecule has 0 aliphatic carbocycles. The van der Waals surface area contributed by atoms with Crippen LogP contribution >= 0.6 is 11.8 Å². The smallest absolute Gasteiger partial charge is 0.326 e. The quantitative estimate of drug-likeness (QED) is 0.112. The van der Waals surface area contributed by atoms with E-state index in [0.717, 1.165) is 22.7 Å². The minimum Gasteiger partial charge on any atom is -0.480 e. The maximum atomic E-state index is 12.6. The lowest BCUT2D eigenvalue weighted by Crippen LogP contribution is -2.52. The number of benzene rings is 2. The van der Waals surface area contributed by atoms with Gasteiger partial charge in [-0.3, -0.25) is 14.9 Å². The number of hydrogen-bond acceptors (Lipinski definition) is 8. The van der Waals surface area contributed by atoms with Crippen LogP contribution in [-0.2, 0) is 16.0 Å². The second kappa shape index (κ2) is 12.5. The van der Waals surface area contributed by atoms with Gasteiger partial charge in [-0.2, -0.15) is 0 Å². The van der Waals surface area contributed by atoms with Gasteiger partial charge in [-0.05, 0) is 49.9 Å². The number of para-hydroxylation sites is 2. The fourth-order valence-electron chi connectivity index (χ4n) is 3.82. The van der Waals surface area contributed by atoms with Gasteiger partial charge in [-0.15, -0.1) is 0 Å². The average Bonchev–Trinajstić information content (AvgIpc) is 3.19. The van der Waals surface area contributed by atoms with Crippen LogP contribution in [0.3, 0.4) is 0 Å². The molecule has 0 spiro atoms. The number of carboxylic acids is 1. The van der Waals surface area contributed by atoms with Crippen LogP contribution < -0.4 is 16.8 Å². The molecule has 0 aliphatic heterocycles. The van der Waals surface area contributed by atoms with Gasteiger partial charge in [0.1, 0.15) is 12.1 Å². The highest BCUT2D eigenvalue weighted by atomic mass is 32.2. The third kappa shape index (κ3) is 6.61. The molecule has 0 unspecified atom stereocenters. The summed E-state index contributed by atoms with van der Waals surface area (Å²) in [4.78, 5) is 38.8. The van der Waals surface area contributed by atoms with E-state index in [0.29, 0.717) is 34.9 Å². The number of hydrogen-bond donors (Lipinski definition) is 6. The van der Waals surface area contributed by atoms with Gasteiger partial charge in [0, 0.05) is 23.0 Å². The number of fused-ring (bicyclic) bond motifs is 1. The van der Waals surface area contributed by atoms with E-state index < -0.39 is 35.0 Å². The number of aromatic nitrogens is 1. The van der Waals surface area contributed by atoms with E-state index in [4.69, 9.17) is 11.5 Å². The molecule has 0 fully saturated rings. The number of H-pyrrole nitrogens is 1. The van der Waals surface area contributed by atoms with Crippen LogP contribution in [0, 0.1) is 10.1 Å². The van der Waals surface area contributed by atoms with Crippen molar-refractivity contribution in [2.24, 2.45) is 11.5 Å². The summed E-state index contributed by atoms with van der Waals surface area (Å²) in [5.74, 6) is -2.09. The molecule has 1 heterocycles. The normalized spacial score (nSPS) is 13.8. The molecule has 3 rings (SSSR count). The van der Waals surface area contributed by atoms with Crippen molar-refractivity contribution in [3.8, 4) is 0 Å². The monoisotopic (exact) mass is 515 g/mol. The van der Waals surface area contributed by atoms with E-state index in [9.17, 15) is 29.9 Å². The molecule has 192 valence electrons. The van der Waals surface area contributed by atoms with Crippen LogP contribution in [0.1, 0.15) is 24.8 Å². The molecule has 36 heavy (non-hydrogen) atoms. The highest BCUT2D eigenvalue weighted by Crippen LogP contribution is 2.39. The number of amides is 1. The second-order valence-electron chi connectivity index (χ2n) is 8.30. The van der Waals surface area contributed by atoms with Crippen LogP contribution in [0.5, 0.6) is 0 Å². The molecular weight excluding hydrogens is 486 g/mol. The van der Waals surface area contributed by atoms with Crippen LogP contribution in [0.25, 0.3) is 10.9 Å². The number of carboxylic acid groups (broad SMARTS) is 1. The topological polar surface area (TPSA) is 198 Å². The molecule has 2 aromatic carbocycles. The van der Waals surface area contributed by atoms with Gasteiger partial charge in [0.05, 0.1) is 14.8 Å². The number of carbonyl (C=O) groups excluding carboxylic acids is 1. The van der Waals surface area contributed by atoms with Crippen molar-refractivity contribution in [3.63, 3.8) is 0 Å². The summed E-state index contributed by atoms with van der Waals surface area (Å²) in [6.07, 6.45) is -0.301. The van der Waals surface area contributed by atoms with E-state index in [1.165, 1.54) is 6.07 Å². The molecule has 1 aromatic heterocycles. The van der Waals surface area contributed by atoms with Crippen molar-refractivity contribution >= 4 is 40.2 Å². The zero-order valence-corrected chi connectivity index (χ0v) is 20.2. The first-order valence-electron chi connectivity index (χ1n) is 11.4. The molecule has 0 bridgehead atoms. The average molecular weight is 516 g/mol. The summed E-state index contributed by atoms with van der Waals surface area (Å²) >= 11 is 1.16. The highest BCUT2D eigenvalue weighted by Gasteiger charge is 2.29. The minimum atomic E-state index is -1.67. The van der Waals surface area contributed by atoms with Crippen molar-refractivity contribution < 1.29 is 24.7 Å². The summed E-state index contributed by atoms with van der Waals surface area (Å²) in [7, 11) is 0. The number of rotatable bonds is 13. The SMILES string of the molecule is NCCCC[C@H](NC(=O)[C@@H](O)[C@H](N)Cc1c(Sc2ccccc2[N+](=O)[O-])[nH]c2ccccc12)C(=O)O. The van der Waals surface area contributed by atoms with E-state index >= 15 is 0 Å². The molecule has 0 aliphatic rings. The van der Waals surface area contributed by atoms with Crippen LogP contribution in [0.4, 0.5) is 5.69 Å². The predicted molar refractivity (Wildman–Crippen MR) is 136 cm³/mol. The van der Waals surface area contributed by atoms with Crippen molar-refractivity contribution in [1.82, 2.24) is 10.3 Å². The number of aliphatic hydroxyl groups is 1. The number of aliphatic carboxylic acids is 1. The Kier molecular flexibility index (Phi) is 9.42. The predicted octanol–water partition coefficient (Wildman–Crippen LogP) is 2.16. The Balaban J connectivity index is 1.82. The number of nitrogens with two attached hydrogens (primary N) is 2. The van der Waals surface area contributed by atoms with E-state index in [1.807, 2.05) is 24.3 Å². The first kappa shape index (κ1) is 27.1. The van der Waals surface area contributed by atoms with E-state index in [-0.39, 0.29) is 18.5 Å². The van der Waals surface area contributed by atoms with Gasteiger partial charge in [-0.25, -0.2) is 4.79 Å². The number of aliphatic hydroxyl groups excluding tert-OH is 1. The number of aromatic amines is 1. The van der Waals surface area contributed by atoms with Gasteiger partial charge < -0.3 is 32.0 Å². The van der Waals surface area contributed by atoms with Crippen molar-refractivity contribution in [3.05, 3.63) is 64.2 Å². The third-order valence-electron chi connectivity index (χ3n) is 5.72. The minimum absolute atomic E-state index is 0.0508. The van der Waals surface area contributed by atoms with Crippen molar-refractivity contribution in [1.29, 1.82) is 0 Å². The molecule has 0 saturated carbocycles. The Morgan fingerprint density at radius 1 is 1.14 bits per heavy atom. The van der Waals surface area contributed by atoms with E-state index in [2.05, 4.69) is 10.3 Å². The summed E-state index contributed by atoms with van der Waals surface area (Å²) < 4.78 is 0. The summed E-state index contributed by atoms with van der Waals surface area (Å²) in [6.45, 7) is 0.408. The van der Waals surface area contributed by atoms with Gasteiger partial charge in [0.25, 0.3) is 11.6 Å². The Morgan fingerprint density at radius 3 is 2.53 bits per heavy atom. The lowest BCUT2D eigenvalue weighted by molar-refractivity contribution is -0.387. The second-order valence-corrected chi connectivity index (χ2v) is 9.35. The molecule has 3 atom stereocenters. The molecule has 8 N–H and O–H groups in total. The Labute approximate surface area is 211 Å². The number of unbranched alkanes of at least 4 members (excludes halogenated alkanes) is 1. The molecule has 3 aromatic rings. The fraction of sp³-hybridized carbons (Fsp3) is 0.333. The van der Waals surface area contributed by atoms with Gasteiger partial charge in [0.2, 0.25) is 0 Å². The largest absolute Gasteiger partial charge is 0.480 e. The first-order valence-corrected chi connectivity index (χ1v) is 12.2. The number of nitrogens with zero attached hydrogens (tertiary/aromatic N) is 1. The van der Waals surface area contributed by atoms with Crippen molar-refractivity contribution in [2.75, 3.05) is 6.54 Å². The summed E-state index contributed by atoms with van der Waals surface area (Å²) in [6, 6.07) is 11.5. The first-order chi connectivity index (χ1) is 17.2. The van der Waals surface area contributed by atoms with Crippen molar-refractivity contribution in [2.45, 2.75) is 53.8 Å². The number of nitro groups is 1. The standard InChI is InChI=1S/C24H29N5O6S/c25-12-6-5-9-18(24(32)33)27-22(31)21(30)16(26)13-15-14-7-1-2-8-17(14)28-23(15)36-20-11-4-3-10-19(20)29(34)35/h1-4,7-8,10-11,16,18,21,28,30H,5-6,9,12-13,25-26H2,(H,27,31)(H,32,33)/t16-,18+,21+/m1/s1. The van der Waals surface area contributed by atoms with Crippen LogP contribution in [0.15, 0.2) is 58.5 Å². The number of nitro benzene ring substituents is 1. The lowest BCUT2D eigenvalue weighted by atomic mass is 10.0. The Morgan fingerprint density at radius 2 is 1.83 bits per heavy atom. The molecule has 0 radical (unpaired) electrons. The third-order valence-corrected chi connectivity index (χ3v) is 6.84. The maximum absolute atomic E-state index is 12.6. The molecule has 11 nitrogen and oxygen atoms in total. The maximum Gasteiger partial charge on any atom is 0.326 e. The molecular formula is C24H29N5O6S. The Hall–Kier alpha value is -3.45. The van der Waals surface area contributed by atoms with Crippen LogP contribution in [0.2, 0.25) is 0 Å². The molecule has 0 saturated heterocycles. The van der Waals surface area contributed by atoms with E-state index in [1.54, 1.807) is 18.2 Å². The fourth-order valence-corrected chi connectivity index (χ4v) is 4.91. The van der Waals surface area contributed by atoms with Gasteiger partial charge >= 0.3 is 5.97 Å². The summed E-state index contributed by atoms with van der Waals surface area (Å²) in [5, 5.41) is 35.2. The van der Waals surface area contributed by atoms with Crippen LogP contribution in [-0.4, -0.2) is 56.7 Å². The molecule has 12 heteroatoms. The summed E-state index contributed by atoms with van der Waals surface area (Å²) in [5.41, 5.74) is 13.1.